The maximum atomic E-state index is 12.6. The quantitative estimate of drug-likeness (QED) is 0.688. The van der Waals surface area contributed by atoms with Crippen molar-refractivity contribution in [2.45, 2.75) is 6.92 Å². The number of hydrogen-bond acceptors (Lipinski definition) is 3. The standard InChI is InChI=1S/C18H17N3O3/c1-11(22)20-12-4-3-5-13(8-12)21-18(23)16-10-19-17-7-6-14(24-2)9-15(16)17/h3-10,19H,1-2H3,(H,20,22)(H,21,23). The summed E-state index contributed by atoms with van der Waals surface area (Å²) in [5.74, 6) is 0.278. The van der Waals surface area contributed by atoms with E-state index in [9.17, 15) is 9.59 Å². The van der Waals surface area contributed by atoms with Gasteiger partial charge < -0.3 is 20.4 Å². The van der Waals surface area contributed by atoms with Crippen LogP contribution in [0.4, 0.5) is 11.4 Å². The molecule has 3 N–H and O–H groups in total. The first-order valence-corrected chi connectivity index (χ1v) is 7.41. The Labute approximate surface area is 138 Å². The van der Waals surface area contributed by atoms with Crippen molar-refractivity contribution in [3.05, 3.63) is 54.2 Å². The van der Waals surface area contributed by atoms with Gasteiger partial charge >= 0.3 is 0 Å². The van der Waals surface area contributed by atoms with Crippen LogP contribution in [-0.2, 0) is 4.79 Å². The molecule has 6 nitrogen and oxygen atoms in total. The van der Waals surface area contributed by atoms with Crippen molar-refractivity contribution in [2.24, 2.45) is 0 Å². The van der Waals surface area contributed by atoms with Crippen LogP contribution >= 0.6 is 0 Å². The molecule has 3 rings (SSSR count). The number of anilines is 2. The van der Waals surface area contributed by atoms with Crippen LogP contribution in [0.25, 0.3) is 10.9 Å². The zero-order valence-electron chi connectivity index (χ0n) is 13.3. The molecule has 0 atom stereocenters. The topological polar surface area (TPSA) is 83.2 Å². The molecule has 0 aliphatic heterocycles. The number of carbonyl (C=O) groups excluding carboxylic acids is 2. The van der Waals surface area contributed by atoms with Crippen LogP contribution in [0.15, 0.2) is 48.7 Å². The number of amides is 2. The molecular weight excluding hydrogens is 306 g/mol. The second-order valence-electron chi connectivity index (χ2n) is 5.33. The molecule has 0 saturated carbocycles. The Morgan fingerprint density at radius 1 is 1.04 bits per heavy atom. The van der Waals surface area contributed by atoms with Gasteiger partial charge in [0.2, 0.25) is 5.91 Å². The summed E-state index contributed by atoms with van der Waals surface area (Å²) in [5, 5.41) is 6.30. The summed E-state index contributed by atoms with van der Waals surface area (Å²) < 4.78 is 5.21. The second-order valence-corrected chi connectivity index (χ2v) is 5.33. The molecule has 0 radical (unpaired) electrons. The molecule has 24 heavy (non-hydrogen) atoms. The van der Waals surface area contributed by atoms with Crippen molar-refractivity contribution in [1.82, 2.24) is 4.98 Å². The minimum absolute atomic E-state index is 0.165. The molecule has 0 aliphatic rings. The monoisotopic (exact) mass is 323 g/mol. The average molecular weight is 323 g/mol. The van der Waals surface area contributed by atoms with Gasteiger partial charge in [-0.2, -0.15) is 0 Å². The summed E-state index contributed by atoms with van der Waals surface area (Å²) in [6.45, 7) is 1.44. The lowest BCUT2D eigenvalue weighted by molar-refractivity contribution is -0.114. The van der Waals surface area contributed by atoms with Crippen LogP contribution in [0, 0.1) is 0 Å². The molecule has 0 aliphatic carbocycles. The van der Waals surface area contributed by atoms with Gasteiger partial charge in [0.25, 0.3) is 5.91 Å². The minimum atomic E-state index is -0.241. The smallest absolute Gasteiger partial charge is 0.257 e. The van der Waals surface area contributed by atoms with Gasteiger partial charge in [-0.25, -0.2) is 0 Å². The number of aromatic amines is 1. The molecule has 0 spiro atoms. The Morgan fingerprint density at radius 2 is 1.79 bits per heavy atom. The number of ether oxygens (including phenoxy) is 1. The largest absolute Gasteiger partial charge is 0.497 e. The number of methoxy groups -OCH3 is 1. The Kier molecular flexibility index (Phi) is 4.20. The lowest BCUT2D eigenvalue weighted by Gasteiger charge is -2.07. The second kappa shape index (κ2) is 6.45. The first-order chi connectivity index (χ1) is 11.6. The van der Waals surface area contributed by atoms with E-state index < -0.39 is 0 Å². The molecule has 2 amide bonds. The van der Waals surface area contributed by atoms with Gasteiger partial charge in [0, 0.05) is 35.4 Å². The highest BCUT2D eigenvalue weighted by molar-refractivity contribution is 6.13. The van der Waals surface area contributed by atoms with Crippen molar-refractivity contribution < 1.29 is 14.3 Å². The highest BCUT2D eigenvalue weighted by atomic mass is 16.5. The highest BCUT2D eigenvalue weighted by Gasteiger charge is 2.13. The summed E-state index contributed by atoms with van der Waals surface area (Å²) in [6, 6.07) is 12.5. The Hall–Kier alpha value is -3.28. The van der Waals surface area contributed by atoms with E-state index >= 15 is 0 Å². The first kappa shape index (κ1) is 15.6. The lowest BCUT2D eigenvalue weighted by Crippen LogP contribution is -2.12. The fourth-order valence-corrected chi connectivity index (χ4v) is 2.49. The van der Waals surface area contributed by atoms with Crippen molar-refractivity contribution in [2.75, 3.05) is 17.7 Å². The molecule has 0 saturated heterocycles. The van der Waals surface area contributed by atoms with E-state index in [4.69, 9.17) is 4.74 Å². The minimum Gasteiger partial charge on any atom is -0.497 e. The molecule has 1 heterocycles. The first-order valence-electron chi connectivity index (χ1n) is 7.41. The third kappa shape index (κ3) is 3.22. The highest BCUT2D eigenvalue weighted by Crippen LogP contribution is 2.24. The molecule has 122 valence electrons. The summed E-state index contributed by atoms with van der Waals surface area (Å²) in [7, 11) is 1.58. The Morgan fingerprint density at radius 3 is 2.50 bits per heavy atom. The lowest BCUT2D eigenvalue weighted by atomic mass is 10.1. The molecule has 0 bridgehead atoms. The van der Waals surface area contributed by atoms with Crippen molar-refractivity contribution in [1.29, 1.82) is 0 Å². The average Bonchev–Trinajstić information content (AvgIpc) is 2.97. The normalized spacial score (nSPS) is 10.4. The predicted octanol–water partition coefficient (Wildman–Crippen LogP) is 3.39. The number of H-pyrrole nitrogens is 1. The summed E-state index contributed by atoms with van der Waals surface area (Å²) in [6.07, 6.45) is 1.66. The van der Waals surface area contributed by atoms with Gasteiger partial charge in [0.05, 0.1) is 12.7 Å². The van der Waals surface area contributed by atoms with E-state index in [0.717, 1.165) is 10.9 Å². The van der Waals surface area contributed by atoms with E-state index in [1.165, 1.54) is 6.92 Å². The Balaban J connectivity index is 1.86. The number of carbonyl (C=O) groups is 2. The summed E-state index contributed by atoms with van der Waals surface area (Å²) >= 11 is 0. The van der Waals surface area contributed by atoms with Gasteiger partial charge in [-0.05, 0) is 36.4 Å². The molecule has 0 unspecified atom stereocenters. The number of benzene rings is 2. The van der Waals surface area contributed by atoms with Gasteiger partial charge in [0.1, 0.15) is 5.75 Å². The van der Waals surface area contributed by atoms with E-state index in [2.05, 4.69) is 15.6 Å². The number of aromatic nitrogens is 1. The Bertz CT molecular complexity index is 915. The number of nitrogens with one attached hydrogen (secondary N) is 3. The number of fused-ring (bicyclic) bond motifs is 1. The zero-order chi connectivity index (χ0) is 17.1. The van der Waals surface area contributed by atoms with Gasteiger partial charge in [-0.1, -0.05) is 6.07 Å². The third-order valence-electron chi connectivity index (χ3n) is 3.57. The number of hydrogen-bond donors (Lipinski definition) is 3. The summed E-state index contributed by atoms with van der Waals surface area (Å²) in [5.41, 5.74) is 2.60. The molecule has 1 aromatic heterocycles. The van der Waals surface area contributed by atoms with E-state index in [-0.39, 0.29) is 11.8 Å². The van der Waals surface area contributed by atoms with E-state index in [1.807, 2.05) is 18.2 Å². The van der Waals surface area contributed by atoms with Crippen LogP contribution in [-0.4, -0.2) is 23.9 Å². The van der Waals surface area contributed by atoms with Crippen molar-refractivity contribution in [3.63, 3.8) is 0 Å². The molecule has 3 aromatic rings. The van der Waals surface area contributed by atoms with Crippen molar-refractivity contribution in [3.8, 4) is 5.75 Å². The van der Waals surface area contributed by atoms with Crippen LogP contribution in [0.2, 0.25) is 0 Å². The van der Waals surface area contributed by atoms with Gasteiger partial charge in [0.15, 0.2) is 0 Å². The van der Waals surface area contributed by atoms with E-state index in [1.54, 1.807) is 37.6 Å². The van der Waals surface area contributed by atoms with Gasteiger partial charge in [-0.15, -0.1) is 0 Å². The predicted molar refractivity (Wildman–Crippen MR) is 93.5 cm³/mol. The number of rotatable bonds is 4. The van der Waals surface area contributed by atoms with Crippen molar-refractivity contribution >= 4 is 34.1 Å². The molecule has 0 fully saturated rings. The molecule has 6 heteroatoms. The van der Waals surface area contributed by atoms with Crippen LogP contribution in [0.3, 0.4) is 0 Å². The van der Waals surface area contributed by atoms with Crippen LogP contribution < -0.4 is 15.4 Å². The van der Waals surface area contributed by atoms with Crippen LogP contribution in [0.5, 0.6) is 5.75 Å². The maximum absolute atomic E-state index is 12.6. The fourth-order valence-electron chi connectivity index (χ4n) is 2.49. The molecular formula is C18H17N3O3. The van der Waals surface area contributed by atoms with Gasteiger partial charge in [-0.3, -0.25) is 9.59 Å². The SMILES string of the molecule is COc1ccc2[nH]cc(C(=O)Nc3cccc(NC(C)=O)c3)c2c1. The maximum Gasteiger partial charge on any atom is 0.257 e. The molecule has 2 aromatic carbocycles. The zero-order valence-corrected chi connectivity index (χ0v) is 13.3. The van der Waals surface area contributed by atoms with Crippen LogP contribution in [0.1, 0.15) is 17.3 Å². The van der Waals surface area contributed by atoms with E-state index in [0.29, 0.717) is 22.7 Å². The fraction of sp³-hybridized carbons (Fsp3) is 0.111. The summed E-state index contributed by atoms with van der Waals surface area (Å²) in [4.78, 5) is 26.8. The third-order valence-corrected chi connectivity index (χ3v) is 3.57.